The van der Waals surface area contributed by atoms with Crippen molar-refractivity contribution in [3.05, 3.63) is 81.9 Å². The SMILES string of the molecule is CCC[CH2][Zr]([CH2]CCC)([CH]1C(C)=Cc2ccccc21)[Si]1([Zr]([CH2]CCC)([CH2]CCC)[CH]2C(C)=Cc3ccccc32)CCCC1. The first-order chi connectivity index (χ1) is 20.9. The predicted molar refractivity (Wildman–Crippen MR) is 189 cm³/mol. The van der Waals surface area contributed by atoms with E-state index < -0.39 is 41.2 Å². The van der Waals surface area contributed by atoms with Gasteiger partial charge >= 0.3 is 277 Å². The Labute approximate surface area is 274 Å². The Hall–Kier alpha value is -0.0969. The number of hydrogen-bond acceptors (Lipinski definition) is 0. The van der Waals surface area contributed by atoms with E-state index in [0.29, 0.717) is 0 Å². The second-order valence-corrected chi connectivity index (χ2v) is 72.2. The molecule has 234 valence electrons. The number of allylic oxidation sites excluding steroid dienone is 2. The number of hydrogen-bond donors (Lipinski definition) is 0. The second-order valence-electron chi connectivity index (χ2n) is 14.9. The van der Waals surface area contributed by atoms with E-state index in [4.69, 9.17) is 0 Å². The fourth-order valence-corrected chi connectivity index (χ4v) is 178. The molecular weight excluding hydrogens is 691 g/mol. The van der Waals surface area contributed by atoms with Crippen LogP contribution in [-0.4, -0.2) is 2.33 Å². The van der Waals surface area contributed by atoms with E-state index in [0.717, 1.165) is 7.25 Å². The van der Waals surface area contributed by atoms with Crippen LogP contribution in [0.4, 0.5) is 0 Å². The topological polar surface area (TPSA) is 0 Å². The molecule has 3 heteroatoms. The first kappa shape index (κ1) is 34.2. The third-order valence-electron chi connectivity index (χ3n) is 12.7. The Morgan fingerprint density at radius 2 is 0.907 bits per heavy atom. The molecule has 1 aliphatic heterocycles. The first-order valence-corrected chi connectivity index (χ1v) is 38.1. The summed E-state index contributed by atoms with van der Waals surface area (Å²) >= 11 is -5.83. The third kappa shape index (κ3) is 6.06. The van der Waals surface area contributed by atoms with E-state index in [9.17, 15) is 0 Å². The van der Waals surface area contributed by atoms with Crippen LogP contribution in [0, 0.1) is 0 Å². The van der Waals surface area contributed by atoms with Gasteiger partial charge in [-0.25, -0.2) is 0 Å². The van der Waals surface area contributed by atoms with Crippen LogP contribution in [-0.2, 0) is 38.9 Å². The summed E-state index contributed by atoms with van der Waals surface area (Å²) in [4.78, 5) is 0. The monoisotopic (exact) mass is 750 g/mol. The molecule has 0 spiro atoms. The van der Waals surface area contributed by atoms with Crippen molar-refractivity contribution in [2.45, 2.75) is 142 Å². The zero-order valence-corrected chi connectivity index (χ0v) is 34.7. The third-order valence-corrected chi connectivity index (χ3v) is 129. The fourth-order valence-electron chi connectivity index (χ4n) is 11.2. The van der Waals surface area contributed by atoms with Gasteiger partial charge in [-0.1, -0.05) is 0 Å². The van der Waals surface area contributed by atoms with Crippen LogP contribution in [0.25, 0.3) is 12.2 Å². The van der Waals surface area contributed by atoms with Crippen molar-refractivity contribution in [3.8, 4) is 0 Å². The molecule has 3 aliphatic rings. The van der Waals surface area contributed by atoms with Gasteiger partial charge in [-0.2, -0.15) is 0 Å². The van der Waals surface area contributed by atoms with E-state index in [1.807, 2.05) is 22.3 Å². The van der Waals surface area contributed by atoms with Crippen LogP contribution in [0.5, 0.6) is 0 Å². The standard InChI is InChI=1S/2C10H9.C4H8Si.4C4H9.2Zr/c2*1-8-6-9-4-2-3-5-10(9)7-8;1-2-4-5-3-1;4*1-3-4-2;;/h2*2-7H,1H3;1-4H2;4*1,3-4H2,2H3;;. The van der Waals surface area contributed by atoms with Gasteiger partial charge in [0, 0.05) is 0 Å². The van der Waals surface area contributed by atoms with Gasteiger partial charge in [0.15, 0.2) is 0 Å². The van der Waals surface area contributed by atoms with Crippen molar-refractivity contribution in [2.24, 2.45) is 0 Å². The molecule has 2 aromatic carbocycles. The normalized spacial score (nSPS) is 21.1. The Morgan fingerprint density at radius 3 is 1.26 bits per heavy atom. The van der Waals surface area contributed by atoms with Crippen LogP contribution in [0.3, 0.4) is 0 Å². The maximum absolute atomic E-state index is 2.91. The van der Waals surface area contributed by atoms with E-state index in [-0.39, 0.29) is 0 Å². The van der Waals surface area contributed by atoms with Crippen molar-refractivity contribution in [1.82, 2.24) is 0 Å². The quantitative estimate of drug-likeness (QED) is 0.150. The van der Waals surface area contributed by atoms with Crippen LogP contribution in [0.1, 0.15) is 135 Å². The molecule has 0 bridgehead atoms. The summed E-state index contributed by atoms with van der Waals surface area (Å²) in [7, 11) is 0. The van der Waals surface area contributed by atoms with Crippen molar-refractivity contribution in [1.29, 1.82) is 0 Å². The van der Waals surface area contributed by atoms with Gasteiger partial charge in [-0.15, -0.1) is 0 Å². The van der Waals surface area contributed by atoms with Gasteiger partial charge in [0.05, 0.1) is 0 Å². The zero-order chi connectivity index (χ0) is 30.5. The molecule has 1 heterocycles. The molecular formula is C40H62SiZr2. The first-order valence-electron chi connectivity index (χ1n) is 18.5. The molecule has 2 aromatic rings. The van der Waals surface area contributed by atoms with Crippen LogP contribution < -0.4 is 0 Å². The number of rotatable bonds is 16. The molecule has 43 heavy (non-hydrogen) atoms. The summed E-state index contributed by atoms with van der Waals surface area (Å²) < 4.78 is 7.00. The molecule has 2 aliphatic carbocycles. The molecule has 0 radical (unpaired) electrons. The van der Waals surface area contributed by atoms with Crippen LogP contribution >= 0.6 is 0 Å². The molecule has 0 aromatic heterocycles. The van der Waals surface area contributed by atoms with Crippen LogP contribution in [0.2, 0.25) is 28.6 Å². The molecule has 2 unspecified atom stereocenters. The van der Waals surface area contributed by atoms with E-state index in [2.05, 4.69) is 102 Å². The number of fused-ring (bicyclic) bond motifs is 2. The van der Waals surface area contributed by atoms with E-state index in [1.54, 1.807) is 52.6 Å². The zero-order valence-electron chi connectivity index (χ0n) is 28.7. The van der Waals surface area contributed by atoms with E-state index in [1.165, 1.54) is 51.4 Å². The molecule has 0 N–H and O–H groups in total. The van der Waals surface area contributed by atoms with Gasteiger partial charge in [0.2, 0.25) is 0 Å². The minimum absolute atomic E-state index is 0.869. The summed E-state index contributed by atoms with van der Waals surface area (Å²) in [5.74, 6) is 0. The molecule has 0 amide bonds. The van der Waals surface area contributed by atoms with Gasteiger partial charge in [-0.05, 0) is 0 Å². The molecule has 0 nitrogen and oxygen atoms in total. The van der Waals surface area contributed by atoms with E-state index >= 15 is 0 Å². The predicted octanol–water partition coefficient (Wildman–Crippen LogP) is 13.7. The summed E-state index contributed by atoms with van der Waals surface area (Å²) in [5, 5.41) is 0. The molecule has 1 saturated heterocycles. The van der Waals surface area contributed by atoms with Crippen LogP contribution in [0.15, 0.2) is 59.7 Å². The maximum atomic E-state index is 2.69. The Morgan fingerprint density at radius 1 is 0.558 bits per heavy atom. The molecule has 1 fully saturated rings. The van der Waals surface area contributed by atoms with Gasteiger partial charge < -0.3 is 0 Å². The van der Waals surface area contributed by atoms with Crippen molar-refractivity contribution in [2.75, 3.05) is 0 Å². The number of unbranched alkanes of at least 4 members (excludes halogenated alkanes) is 4. The average Bonchev–Trinajstić information content (AvgIpc) is 3.74. The minimum atomic E-state index is -2.91. The summed E-state index contributed by atoms with van der Waals surface area (Å²) in [6.45, 7) is 15.3. The Balaban J connectivity index is 1.85. The van der Waals surface area contributed by atoms with Crippen molar-refractivity contribution < 1.29 is 38.9 Å². The van der Waals surface area contributed by atoms with Crippen molar-refractivity contribution >= 4 is 14.5 Å². The fraction of sp³-hybridized carbons (Fsp3) is 0.600. The molecule has 2 atom stereocenters. The number of benzene rings is 2. The summed E-state index contributed by atoms with van der Waals surface area (Å²) in [6.07, 6.45) is 20.2. The van der Waals surface area contributed by atoms with Crippen molar-refractivity contribution in [3.63, 3.8) is 0 Å². The average molecular weight is 753 g/mol. The molecule has 5 rings (SSSR count). The summed E-state index contributed by atoms with van der Waals surface area (Å²) in [5.41, 5.74) is 10.5. The van der Waals surface area contributed by atoms with Gasteiger partial charge in [0.1, 0.15) is 0 Å². The Bertz CT molecular complexity index is 1170. The second kappa shape index (κ2) is 15.2. The van der Waals surface area contributed by atoms with Gasteiger partial charge in [0.25, 0.3) is 0 Å². The molecule has 0 saturated carbocycles. The summed E-state index contributed by atoms with van der Waals surface area (Å²) in [6, 6.07) is 23.1. The Kier molecular flexibility index (Phi) is 12.1. The van der Waals surface area contributed by atoms with Gasteiger partial charge in [-0.3, -0.25) is 0 Å².